The topological polar surface area (TPSA) is 78.9 Å². The minimum atomic E-state index is -0.586. The van der Waals surface area contributed by atoms with Crippen LogP contribution in [0.15, 0.2) is 12.2 Å². The standard InChI is InChI=1S/C5H7N3O/c6-3-1-2-4-8-5(7)9/h1-2H,4H2,(H3,7,8,9). The van der Waals surface area contributed by atoms with Gasteiger partial charge in [-0.1, -0.05) is 6.08 Å². The molecule has 0 aromatic carbocycles. The number of hydrogen-bond acceptors (Lipinski definition) is 2. The average molecular weight is 125 g/mol. The van der Waals surface area contributed by atoms with E-state index in [2.05, 4.69) is 5.32 Å². The van der Waals surface area contributed by atoms with Gasteiger partial charge in [0.1, 0.15) is 0 Å². The zero-order chi connectivity index (χ0) is 7.11. The van der Waals surface area contributed by atoms with Gasteiger partial charge in [0.2, 0.25) is 0 Å². The monoisotopic (exact) mass is 125 g/mol. The zero-order valence-electron chi connectivity index (χ0n) is 4.79. The van der Waals surface area contributed by atoms with Gasteiger partial charge in [-0.3, -0.25) is 0 Å². The summed E-state index contributed by atoms with van der Waals surface area (Å²) in [5.74, 6) is 0. The number of amides is 2. The number of carbonyl (C=O) groups is 1. The van der Waals surface area contributed by atoms with Crippen molar-refractivity contribution in [1.29, 1.82) is 5.26 Å². The normalized spacial score (nSPS) is 8.78. The van der Waals surface area contributed by atoms with Crippen molar-refractivity contribution in [3.8, 4) is 6.07 Å². The molecule has 0 fully saturated rings. The van der Waals surface area contributed by atoms with Crippen molar-refractivity contribution in [2.45, 2.75) is 0 Å². The van der Waals surface area contributed by atoms with Crippen molar-refractivity contribution in [3.05, 3.63) is 12.2 Å². The Kier molecular flexibility index (Phi) is 3.88. The van der Waals surface area contributed by atoms with Gasteiger partial charge in [-0.15, -0.1) is 0 Å². The van der Waals surface area contributed by atoms with E-state index in [0.29, 0.717) is 6.54 Å². The Morgan fingerprint density at radius 3 is 3.00 bits per heavy atom. The van der Waals surface area contributed by atoms with Crippen LogP contribution in [0.25, 0.3) is 0 Å². The molecule has 48 valence electrons. The molecule has 0 atom stereocenters. The molecule has 3 N–H and O–H groups in total. The predicted octanol–water partition coefficient (Wildman–Crippen LogP) is -0.266. The molecule has 4 heteroatoms. The molecule has 0 aliphatic carbocycles. The lowest BCUT2D eigenvalue weighted by atomic mass is 10.5. The fraction of sp³-hybridized carbons (Fsp3) is 0.200. The van der Waals surface area contributed by atoms with E-state index in [9.17, 15) is 4.79 Å². The molecule has 0 aliphatic rings. The van der Waals surface area contributed by atoms with Crippen LogP contribution < -0.4 is 11.1 Å². The second kappa shape index (κ2) is 4.65. The van der Waals surface area contributed by atoms with Crippen LogP contribution in [0.1, 0.15) is 0 Å². The van der Waals surface area contributed by atoms with E-state index in [1.54, 1.807) is 6.07 Å². The minimum absolute atomic E-state index is 0.308. The Labute approximate surface area is 53.0 Å². The fourth-order valence-electron chi connectivity index (χ4n) is 0.271. The van der Waals surface area contributed by atoms with Gasteiger partial charge in [0, 0.05) is 12.6 Å². The van der Waals surface area contributed by atoms with Crippen molar-refractivity contribution < 1.29 is 4.79 Å². The Morgan fingerprint density at radius 2 is 2.56 bits per heavy atom. The van der Waals surface area contributed by atoms with Crippen molar-refractivity contribution in [1.82, 2.24) is 5.32 Å². The number of nitrogens with two attached hydrogens (primary N) is 1. The van der Waals surface area contributed by atoms with Crippen LogP contribution in [0.2, 0.25) is 0 Å². The number of nitriles is 1. The van der Waals surface area contributed by atoms with Crippen LogP contribution in [-0.2, 0) is 0 Å². The molecule has 4 nitrogen and oxygen atoms in total. The lowest BCUT2D eigenvalue weighted by Gasteiger charge is -1.91. The summed E-state index contributed by atoms with van der Waals surface area (Å²) in [7, 11) is 0. The number of carbonyl (C=O) groups excluding carboxylic acids is 1. The summed E-state index contributed by atoms with van der Waals surface area (Å²) >= 11 is 0. The van der Waals surface area contributed by atoms with Gasteiger partial charge in [-0.2, -0.15) is 5.26 Å². The second-order valence-electron chi connectivity index (χ2n) is 1.28. The molecular weight excluding hydrogens is 118 g/mol. The first kappa shape index (κ1) is 7.50. The highest BCUT2D eigenvalue weighted by atomic mass is 16.2. The number of hydrogen-bond donors (Lipinski definition) is 2. The van der Waals surface area contributed by atoms with Crippen LogP contribution in [-0.4, -0.2) is 12.6 Å². The molecule has 9 heavy (non-hydrogen) atoms. The molecule has 0 aliphatic heterocycles. The van der Waals surface area contributed by atoms with Crippen molar-refractivity contribution >= 4 is 6.03 Å². The quantitative estimate of drug-likeness (QED) is 0.498. The van der Waals surface area contributed by atoms with Crippen LogP contribution in [0, 0.1) is 11.3 Å². The zero-order valence-corrected chi connectivity index (χ0v) is 4.79. The molecule has 0 radical (unpaired) electrons. The summed E-state index contributed by atoms with van der Waals surface area (Å²) in [6, 6.07) is 1.18. The Morgan fingerprint density at radius 1 is 1.89 bits per heavy atom. The molecule has 0 saturated carbocycles. The number of primary amides is 1. The molecule has 0 bridgehead atoms. The number of allylic oxidation sites excluding steroid dienone is 1. The molecule has 0 aromatic heterocycles. The predicted molar refractivity (Wildman–Crippen MR) is 32.3 cm³/mol. The van der Waals surface area contributed by atoms with Gasteiger partial charge in [-0.25, -0.2) is 4.79 Å². The van der Waals surface area contributed by atoms with E-state index in [-0.39, 0.29) is 0 Å². The maximum absolute atomic E-state index is 9.96. The Hall–Kier alpha value is -1.50. The smallest absolute Gasteiger partial charge is 0.312 e. The highest BCUT2D eigenvalue weighted by Gasteiger charge is 1.82. The van der Waals surface area contributed by atoms with E-state index in [1.165, 1.54) is 12.2 Å². The molecule has 0 aromatic rings. The Balaban J connectivity index is 3.22. The highest BCUT2D eigenvalue weighted by Crippen LogP contribution is 1.65. The first-order chi connectivity index (χ1) is 4.27. The van der Waals surface area contributed by atoms with E-state index in [4.69, 9.17) is 11.0 Å². The fourth-order valence-corrected chi connectivity index (χ4v) is 0.271. The SMILES string of the molecule is N#CC=CCNC(N)=O. The third kappa shape index (κ3) is 6.50. The van der Waals surface area contributed by atoms with Gasteiger partial charge in [0.25, 0.3) is 0 Å². The summed E-state index contributed by atoms with van der Waals surface area (Å²) in [6.07, 6.45) is 2.78. The van der Waals surface area contributed by atoms with Gasteiger partial charge in [0.05, 0.1) is 6.07 Å². The van der Waals surface area contributed by atoms with Gasteiger partial charge in [0.15, 0.2) is 0 Å². The molecular formula is C5H7N3O. The van der Waals surface area contributed by atoms with Gasteiger partial charge in [-0.05, 0) is 0 Å². The van der Waals surface area contributed by atoms with Crippen molar-refractivity contribution in [2.24, 2.45) is 5.73 Å². The lowest BCUT2D eigenvalue weighted by molar-refractivity contribution is 0.250. The average Bonchev–Trinajstić information content (AvgIpc) is 1.80. The number of urea groups is 1. The van der Waals surface area contributed by atoms with Crippen molar-refractivity contribution in [3.63, 3.8) is 0 Å². The van der Waals surface area contributed by atoms with E-state index < -0.39 is 6.03 Å². The number of nitrogens with one attached hydrogen (secondary N) is 1. The summed E-state index contributed by atoms with van der Waals surface area (Å²) in [4.78, 5) is 9.96. The Bertz CT molecular complexity index is 156. The van der Waals surface area contributed by atoms with Crippen LogP contribution in [0.4, 0.5) is 4.79 Å². The van der Waals surface area contributed by atoms with Crippen molar-refractivity contribution in [2.75, 3.05) is 6.54 Å². The van der Waals surface area contributed by atoms with Crippen LogP contribution in [0.5, 0.6) is 0 Å². The third-order valence-corrected chi connectivity index (χ3v) is 0.587. The lowest BCUT2D eigenvalue weighted by Crippen LogP contribution is -2.29. The first-order valence-electron chi connectivity index (χ1n) is 2.35. The summed E-state index contributed by atoms with van der Waals surface area (Å²) in [6.45, 7) is 0.308. The molecule has 0 heterocycles. The number of rotatable bonds is 2. The number of nitrogens with zero attached hydrogens (tertiary/aromatic N) is 1. The van der Waals surface area contributed by atoms with Gasteiger partial charge < -0.3 is 11.1 Å². The maximum atomic E-state index is 9.96. The summed E-state index contributed by atoms with van der Waals surface area (Å²) < 4.78 is 0. The molecule has 2 amide bonds. The largest absolute Gasteiger partial charge is 0.352 e. The minimum Gasteiger partial charge on any atom is -0.352 e. The summed E-state index contributed by atoms with van der Waals surface area (Å²) in [5.41, 5.74) is 4.71. The van der Waals surface area contributed by atoms with Crippen LogP contribution in [0.3, 0.4) is 0 Å². The van der Waals surface area contributed by atoms with E-state index in [0.717, 1.165) is 0 Å². The summed E-state index contributed by atoms with van der Waals surface area (Å²) in [5, 5.41) is 10.2. The second-order valence-corrected chi connectivity index (χ2v) is 1.28. The van der Waals surface area contributed by atoms with Gasteiger partial charge >= 0.3 is 6.03 Å². The first-order valence-corrected chi connectivity index (χ1v) is 2.35. The molecule has 0 unspecified atom stereocenters. The molecule has 0 saturated heterocycles. The third-order valence-electron chi connectivity index (χ3n) is 0.587. The van der Waals surface area contributed by atoms with E-state index in [1.807, 2.05) is 0 Å². The molecule has 0 spiro atoms. The van der Waals surface area contributed by atoms with E-state index >= 15 is 0 Å². The maximum Gasteiger partial charge on any atom is 0.312 e. The molecule has 0 rings (SSSR count). The van der Waals surface area contributed by atoms with Crippen LogP contribution >= 0.6 is 0 Å². The highest BCUT2D eigenvalue weighted by molar-refractivity contribution is 5.71.